The third-order valence-corrected chi connectivity index (χ3v) is 5.17. The van der Waals surface area contributed by atoms with Crippen LogP contribution >= 0.6 is 0 Å². The molecule has 1 N–H and O–H groups in total. The van der Waals surface area contributed by atoms with Gasteiger partial charge in [0.05, 0.1) is 10.5 Å². The van der Waals surface area contributed by atoms with Gasteiger partial charge in [0.2, 0.25) is 0 Å². The Kier molecular flexibility index (Phi) is 6.12. The van der Waals surface area contributed by atoms with Gasteiger partial charge in [-0.25, -0.2) is 0 Å². The van der Waals surface area contributed by atoms with E-state index in [1.807, 2.05) is 11.0 Å². The summed E-state index contributed by atoms with van der Waals surface area (Å²) in [6, 6.07) is 19.3. The fourth-order valence-corrected chi connectivity index (χ4v) is 3.51. The normalized spacial score (nSPS) is 12.9. The molecule has 1 heterocycles. The average molecular weight is 431 g/mol. The van der Waals surface area contributed by atoms with Gasteiger partial charge in [-0.05, 0) is 55.3 Å². The Balaban J connectivity index is 1.54. The highest BCUT2D eigenvalue weighted by atomic mass is 16.6. The number of para-hydroxylation sites is 1. The summed E-state index contributed by atoms with van der Waals surface area (Å²) in [5.74, 6) is 0.108. The van der Waals surface area contributed by atoms with Crippen molar-refractivity contribution in [1.82, 2.24) is 4.90 Å². The van der Waals surface area contributed by atoms with Gasteiger partial charge in [0.25, 0.3) is 17.5 Å². The number of anilines is 1. The van der Waals surface area contributed by atoms with Crippen LogP contribution in [0, 0.1) is 10.1 Å². The highest BCUT2D eigenvalue weighted by Crippen LogP contribution is 2.29. The molecule has 1 fully saturated rings. The van der Waals surface area contributed by atoms with Crippen LogP contribution in [0.4, 0.5) is 11.4 Å². The molecule has 4 rings (SSSR count). The van der Waals surface area contributed by atoms with Crippen LogP contribution in [0.1, 0.15) is 33.6 Å². The Bertz CT molecular complexity index is 1140. The molecule has 32 heavy (non-hydrogen) atoms. The van der Waals surface area contributed by atoms with Crippen molar-refractivity contribution < 1.29 is 19.2 Å². The first-order valence-electron chi connectivity index (χ1n) is 10.2. The van der Waals surface area contributed by atoms with E-state index in [9.17, 15) is 19.7 Å². The third kappa shape index (κ3) is 4.75. The molecular weight excluding hydrogens is 410 g/mol. The minimum Gasteiger partial charge on any atom is -0.457 e. The number of non-ortho nitro benzene ring substituents is 1. The van der Waals surface area contributed by atoms with Crippen molar-refractivity contribution in [3.8, 4) is 11.5 Å². The molecule has 0 bridgehead atoms. The lowest BCUT2D eigenvalue weighted by Gasteiger charge is -2.15. The Hall–Kier alpha value is -4.20. The van der Waals surface area contributed by atoms with E-state index in [1.54, 1.807) is 48.5 Å². The number of nitro benzene ring substituents is 1. The molecule has 0 atom stereocenters. The van der Waals surface area contributed by atoms with Crippen LogP contribution in [-0.2, 0) is 0 Å². The lowest BCUT2D eigenvalue weighted by molar-refractivity contribution is -0.384. The van der Waals surface area contributed by atoms with Crippen LogP contribution in [0.5, 0.6) is 11.5 Å². The van der Waals surface area contributed by atoms with Crippen molar-refractivity contribution in [2.24, 2.45) is 0 Å². The van der Waals surface area contributed by atoms with Crippen molar-refractivity contribution >= 4 is 23.2 Å². The van der Waals surface area contributed by atoms with Crippen LogP contribution in [0.25, 0.3) is 0 Å². The molecule has 0 spiro atoms. The molecule has 0 aliphatic carbocycles. The van der Waals surface area contributed by atoms with E-state index in [2.05, 4.69) is 5.32 Å². The monoisotopic (exact) mass is 431 g/mol. The number of benzene rings is 3. The molecule has 2 amide bonds. The van der Waals surface area contributed by atoms with Gasteiger partial charge in [-0.15, -0.1) is 0 Å². The van der Waals surface area contributed by atoms with Crippen LogP contribution in [-0.4, -0.2) is 34.7 Å². The maximum absolute atomic E-state index is 12.9. The fraction of sp³-hybridized carbons (Fsp3) is 0.167. The van der Waals surface area contributed by atoms with Crippen LogP contribution in [0.3, 0.4) is 0 Å². The summed E-state index contributed by atoms with van der Waals surface area (Å²) < 4.78 is 5.78. The van der Waals surface area contributed by atoms with E-state index in [-0.39, 0.29) is 22.9 Å². The SMILES string of the molecule is O=C(Nc1ccc(C(=O)N2CCCC2)cc1)c1cc([N+](=O)[O-])ccc1Oc1ccccc1. The van der Waals surface area contributed by atoms with E-state index in [1.165, 1.54) is 18.2 Å². The van der Waals surface area contributed by atoms with Gasteiger partial charge in [0, 0.05) is 36.5 Å². The molecule has 3 aromatic carbocycles. The molecule has 8 heteroatoms. The number of nitro groups is 1. The molecule has 8 nitrogen and oxygen atoms in total. The van der Waals surface area contributed by atoms with Gasteiger partial charge in [0.1, 0.15) is 11.5 Å². The van der Waals surface area contributed by atoms with Gasteiger partial charge in [-0.1, -0.05) is 18.2 Å². The number of ether oxygens (including phenoxy) is 1. The Morgan fingerprint density at radius 2 is 1.62 bits per heavy atom. The van der Waals surface area contributed by atoms with Crippen LogP contribution in [0.2, 0.25) is 0 Å². The van der Waals surface area contributed by atoms with Crippen molar-refractivity contribution in [2.75, 3.05) is 18.4 Å². The first kappa shape index (κ1) is 21.0. The van der Waals surface area contributed by atoms with Crippen LogP contribution < -0.4 is 10.1 Å². The van der Waals surface area contributed by atoms with E-state index in [4.69, 9.17) is 4.74 Å². The summed E-state index contributed by atoms with van der Waals surface area (Å²) in [6.45, 7) is 1.52. The standard InChI is InChI=1S/C24H21N3O5/c28-23(25-18-10-8-17(9-11-18)24(29)26-14-4-5-15-26)21-16-19(27(30)31)12-13-22(21)32-20-6-2-1-3-7-20/h1-3,6-13,16H,4-5,14-15H2,(H,25,28). The summed E-state index contributed by atoms with van der Waals surface area (Å²) in [4.78, 5) is 37.9. The zero-order chi connectivity index (χ0) is 22.5. The van der Waals surface area contributed by atoms with Gasteiger partial charge in [-0.2, -0.15) is 0 Å². The molecule has 0 radical (unpaired) electrons. The molecule has 1 aliphatic heterocycles. The van der Waals surface area contributed by atoms with E-state index in [0.29, 0.717) is 17.0 Å². The second-order valence-electron chi connectivity index (χ2n) is 7.38. The average Bonchev–Trinajstić information content (AvgIpc) is 3.35. The number of nitrogens with one attached hydrogen (secondary N) is 1. The van der Waals surface area contributed by atoms with E-state index in [0.717, 1.165) is 25.9 Å². The number of carbonyl (C=O) groups is 2. The molecule has 0 aromatic heterocycles. The van der Waals surface area contributed by atoms with Crippen molar-refractivity contribution in [3.05, 3.63) is 94.0 Å². The fourth-order valence-electron chi connectivity index (χ4n) is 3.51. The maximum atomic E-state index is 12.9. The Morgan fingerprint density at radius 1 is 0.938 bits per heavy atom. The maximum Gasteiger partial charge on any atom is 0.270 e. The molecule has 0 saturated carbocycles. The number of likely N-dealkylation sites (tertiary alicyclic amines) is 1. The largest absolute Gasteiger partial charge is 0.457 e. The van der Waals surface area contributed by atoms with Gasteiger partial charge < -0.3 is 15.0 Å². The van der Waals surface area contributed by atoms with Crippen LogP contribution in [0.15, 0.2) is 72.8 Å². The summed E-state index contributed by atoms with van der Waals surface area (Å²) in [5.41, 5.74) is 0.820. The lowest BCUT2D eigenvalue weighted by atomic mass is 10.1. The van der Waals surface area contributed by atoms with Crippen molar-refractivity contribution in [3.63, 3.8) is 0 Å². The minimum absolute atomic E-state index is 0.0280. The Labute approximate surface area is 184 Å². The Morgan fingerprint density at radius 3 is 2.28 bits per heavy atom. The van der Waals surface area contributed by atoms with Gasteiger partial charge in [0.15, 0.2) is 0 Å². The summed E-state index contributed by atoms with van der Waals surface area (Å²) >= 11 is 0. The molecule has 0 unspecified atom stereocenters. The quantitative estimate of drug-likeness (QED) is 0.443. The first-order valence-corrected chi connectivity index (χ1v) is 10.2. The summed E-state index contributed by atoms with van der Waals surface area (Å²) in [6.07, 6.45) is 2.02. The smallest absolute Gasteiger partial charge is 0.270 e. The number of hydrogen-bond acceptors (Lipinski definition) is 5. The zero-order valence-corrected chi connectivity index (χ0v) is 17.2. The number of carbonyl (C=O) groups excluding carboxylic acids is 2. The summed E-state index contributed by atoms with van der Waals surface area (Å²) in [7, 11) is 0. The zero-order valence-electron chi connectivity index (χ0n) is 17.2. The van der Waals surface area contributed by atoms with E-state index >= 15 is 0 Å². The second kappa shape index (κ2) is 9.30. The molecule has 1 saturated heterocycles. The molecule has 1 aliphatic rings. The first-order chi connectivity index (χ1) is 15.5. The minimum atomic E-state index is -0.568. The summed E-state index contributed by atoms with van der Waals surface area (Å²) in [5, 5.41) is 13.9. The number of nitrogens with zero attached hydrogens (tertiary/aromatic N) is 2. The molecular formula is C24H21N3O5. The predicted molar refractivity (Wildman–Crippen MR) is 119 cm³/mol. The molecule has 162 valence electrons. The van der Waals surface area contributed by atoms with Crippen molar-refractivity contribution in [2.45, 2.75) is 12.8 Å². The van der Waals surface area contributed by atoms with E-state index < -0.39 is 10.8 Å². The second-order valence-corrected chi connectivity index (χ2v) is 7.38. The van der Waals surface area contributed by atoms with Gasteiger partial charge in [-0.3, -0.25) is 19.7 Å². The lowest BCUT2D eigenvalue weighted by Crippen LogP contribution is -2.27. The van der Waals surface area contributed by atoms with Crippen molar-refractivity contribution in [1.29, 1.82) is 0 Å². The topological polar surface area (TPSA) is 102 Å². The third-order valence-electron chi connectivity index (χ3n) is 5.17. The van der Waals surface area contributed by atoms with Gasteiger partial charge >= 0.3 is 0 Å². The number of rotatable bonds is 6. The molecule has 3 aromatic rings. The highest BCUT2D eigenvalue weighted by molar-refractivity contribution is 6.07. The number of amides is 2. The number of hydrogen-bond donors (Lipinski definition) is 1. The predicted octanol–water partition coefficient (Wildman–Crippen LogP) is 4.88. The highest BCUT2D eigenvalue weighted by Gasteiger charge is 2.21.